The second-order valence-corrected chi connectivity index (χ2v) is 8.65. The minimum atomic E-state index is -3.71. The van der Waals surface area contributed by atoms with E-state index in [4.69, 9.17) is 4.52 Å². The van der Waals surface area contributed by atoms with Crippen molar-refractivity contribution in [1.82, 2.24) is 34.6 Å². The predicted molar refractivity (Wildman–Crippen MR) is 104 cm³/mol. The van der Waals surface area contributed by atoms with Crippen LogP contribution in [0.2, 0.25) is 0 Å². The molecule has 158 valence electrons. The quantitative estimate of drug-likeness (QED) is 0.639. The van der Waals surface area contributed by atoms with Gasteiger partial charge in [0, 0.05) is 31.9 Å². The van der Waals surface area contributed by atoms with Crippen LogP contribution in [0, 0.1) is 13.8 Å². The van der Waals surface area contributed by atoms with Crippen molar-refractivity contribution in [3.63, 3.8) is 0 Å². The Balaban J connectivity index is 1.36. The summed E-state index contributed by atoms with van der Waals surface area (Å²) in [6.07, 6.45) is 1.48. The molecule has 4 rings (SSSR count). The molecular weight excluding hydrogens is 412 g/mol. The van der Waals surface area contributed by atoms with Gasteiger partial charge in [0.25, 0.3) is 0 Å². The maximum Gasteiger partial charge on any atom is 0.321 e. The lowest BCUT2D eigenvalue weighted by molar-refractivity contribution is 0.184. The molecule has 1 aliphatic rings. The van der Waals surface area contributed by atoms with Gasteiger partial charge in [0.2, 0.25) is 10.0 Å². The van der Waals surface area contributed by atoms with Gasteiger partial charge in [-0.2, -0.15) is 4.31 Å². The van der Waals surface area contributed by atoms with Crippen LogP contribution in [0.1, 0.15) is 11.5 Å². The summed E-state index contributed by atoms with van der Waals surface area (Å²) < 4.78 is 33.6. The molecule has 0 bridgehead atoms. The number of aryl methyl sites for hydroxylation is 2. The summed E-state index contributed by atoms with van der Waals surface area (Å²) >= 11 is 0. The zero-order valence-electron chi connectivity index (χ0n) is 16.4. The van der Waals surface area contributed by atoms with Gasteiger partial charge < -0.3 is 14.7 Å². The Morgan fingerprint density at radius 2 is 1.80 bits per heavy atom. The topological polar surface area (TPSA) is 139 Å². The lowest BCUT2D eigenvalue weighted by Crippen LogP contribution is -2.51. The van der Waals surface area contributed by atoms with Gasteiger partial charge in [-0.25, -0.2) is 17.9 Å². The lowest BCUT2D eigenvalue weighted by atomic mass is 10.3. The average Bonchev–Trinajstić information content (AvgIpc) is 3.39. The van der Waals surface area contributed by atoms with E-state index in [1.165, 1.54) is 15.3 Å². The van der Waals surface area contributed by atoms with E-state index < -0.39 is 10.0 Å². The van der Waals surface area contributed by atoms with Crippen LogP contribution in [0.15, 0.2) is 40.0 Å². The molecule has 3 heterocycles. The predicted octanol–water partition coefficient (Wildman–Crippen LogP) is 0.806. The highest BCUT2D eigenvalue weighted by molar-refractivity contribution is 7.89. The van der Waals surface area contributed by atoms with Crippen molar-refractivity contribution in [2.45, 2.75) is 18.7 Å². The maximum atomic E-state index is 12.9. The van der Waals surface area contributed by atoms with E-state index in [1.807, 2.05) is 0 Å². The van der Waals surface area contributed by atoms with Crippen LogP contribution >= 0.6 is 0 Å². The third-order valence-corrected chi connectivity index (χ3v) is 6.97. The zero-order valence-corrected chi connectivity index (χ0v) is 17.2. The van der Waals surface area contributed by atoms with Crippen LogP contribution in [-0.4, -0.2) is 75.2 Å². The summed E-state index contributed by atoms with van der Waals surface area (Å²) in [6.45, 7) is 4.10. The number of hydrogen-bond donors (Lipinski definition) is 1. The molecule has 1 fully saturated rings. The molecule has 13 heteroatoms. The number of urea groups is 1. The Bertz CT molecular complexity index is 1110. The minimum absolute atomic E-state index is 0.100. The molecular formula is C17H20N8O4S. The second kappa shape index (κ2) is 7.84. The molecule has 12 nitrogen and oxygen atoms in total. The van der Waals surface area contributed by atoms with Crippen molar-refractivity contribution in [3.8, 4) is 5.69 Å². The van der Waals surface area contributed by atoms with Gasteiger partial charge in [0.05, 0.1) is 5.69 Å². The lowest BCUT2D eigenvalue weighted by Gasteiger charge is -2.33. The first kappa shape index (κ1) is 20.0. The van der Waals surface area contributed by atoms with Gasteiger partial charge in [-0.05, 0) is 48.5 Å². The van der Waals surface area contributed by atoms with Gasteiger partial charge in [-0.15, -0.1) is 5.10 Å². The van der Waals surface area contributed by atoms with Crippen molar-refractivity contribution in [2.75, 3.05) is 31.5 Å². The van der Waals surface area contributed by atoms with Crippen LogP contribution in [0.25, 0.3) is 5.69 Å². The molecule has 0 radical (unpaired) electrons. The highest BCUT2D eigenvalue weighted by atomic mass is 32.2. The van der Waals surface area contributed by atoms with Crippen LogP contribution in [-0.2, 0) is 10.0 Å². The Morgan fingerprint density at radius 3 is 2.37 bits per heavy atom. The number of aromatic nitrogens is 5. The number of carbonyl (C=O) groups excluding carboxylic acids is 1. The molecule has 2 amide bonds. The average molecular weight is 432 g/mol. The van der Waals surface area contributed by atoms with E-state index in [9.17, 15) is 13.2 Å². The van der Waals surface area contributed by atoms with E-state index in [-0.39, 0.29) is 42.9 Å². The van der Waals surface area contributed by atoms with Gasteiger partial charge in [-0.1, -0.05) is 5.16 Å². The van der Waals surface area contributed by atoms with Crippen molar-refractivity contribution >= 4 is 21.7 Å². The Kier molecular flexibility index (Phi) is 5.22. The van der Waals surface area contributed by atoms with Crippen molar-refractivity contribution < 1.29 is 17.7 Å². The number of nitrogens with zero attached hydrogens (tertiary/aromatic N) is 7. The summed E-state index contributed by atoms with van der Waals surface area (Å²) in [7, 11) is -3.71. The number of amides is 2. The molecule has 0 aliphatic carbocycles. The molecule has 0 saturated carbocycles. The number of sulfonamides is 1. The van der Waals surface area contributed by atoms with Gasteiger partial charge >= 0.3 is 6.03 Å². The van der Waals surface area contributed by atoms with Crippen LogP contribution in [0.5, 0.6) is 0 Å². The number of hydrogen-bond acceptors (Lipinski definition) is 8. The van der Waals surface area contributed by atoms with Crippen LogP contribution < -0.4 is 5.32 Å². The van der Waals surface area contributed by atoms with E-state index in [2.05, 4.69) is 26.0 Å². The highest BCUT2D eigenvalue weighted by Gasteiger charge is 2.34. The van der Waals surface area contributed by atoms with E-state index in [1.54, 1.807) is 43.0 Å². The highest BCUT2D eigenvalue weighted by Crippen LogP contribution is 2.24. The van der Waals surface area contributed by atoms with Gasteiger partial charge in [0.1, 0.15) is 16.9 Å². The maximum absolute atomic E-state index is 12.9. The van der Waals surface area contributed by atoms with Gasteiger partial charge in [0.15, 0.2) is 5.76 Å². The molecule has 0 unspecified atom stereocenters. The number of nitrogens with one attached hydrogen (secondary N) is 1. The number of carbonyl (C=O) groups is 1. The normalized spacial score (nSPS) is 15.3. The molecule has 1 aliphatic heterocycles. The summed E-state index contributed by atoms with van der Waals surface area (Å²) in [5.41, 5.74) is 1.71. The van der Waals surface area contributed by atoms with Gasteiger partial charge in [-0.3, -0.25) is 0 Å². The summed E-state index contributed by atoms with van der Waals surface area (Å²) in [6, 6.07) is 6.75. The number of rotatable bonds is 4. The Labute approximate surface area is 172 Å². The Hall–Kier alpha value is -3.32. The smallest absolute Gasteiger partial charge is 0.321 e. The zero-order chi connectivity index (χ0) is 21.3. The summed E-state index contributed by atoms with van der Waals surface area (Å²) in [4.78, 5) is 14.2. The largest absolute Gasteiger partial charge is 0.360 e. The fraction of sp³-hybridized carbons (Fsp3) is 0.353. The standard InChI is InChI=1S/C17H20N8O4S/c1-12-16(13(2)29-20-12)30(27,28)24-9-7-23(8-10-24)17(26)19-14-3-5-15(6-4-14)25-11-18-21-22-25/h3-6,11H,7-10H2,1-2H3,(H,19,26). The monoisotopic (exact) mass is 432 g/mol. The van der Waals surface area contributed by atoms with E-state index in [0.29, 0.717) is 11.4 Å². The fourth-order valence-electron chi connectivity index (χ4n) is 3.28. The first-order valence-electron chi connectivity index (χ1n) is 9.18. The summed E-state index contributed by atoms with van der Waals surface area (Å²) in [5.74, 6) is 0.262. The molecule has 1 aromatic carbocycles. The number of piperazine rings is 1. The molecule has 1 N–H and O–H groups in total. The third kappa shape index (κ3) is 3.76. The molecule has 2 aromatic heterocycles. The first-order valence-corrected chi connectivity index (χ1v) is 10.6. The van der Waals surface area contributed by atoms with Crippen LogP contribution in [0.4, 0.5) is 10.5 Å². The van der Waals surface area contributed by atoms with Crippen molar-refractivity contribution in [3.05, 3.63) is 42.0 Å². The Morgan fingerprint density at radius 1 is 1.10 bits per heavy atom. The molecule has 0 spiro atoms. The third-order valence-electron chi connectivity index (χ3n) is 4.82. The SMILES string of the molecule is Cc1noc(C)c1S(=O)(=O)N1CCN(C(=O)Nc2ccc(-n3cnnn3)cc2)CC1. The molecule has 1 saturated heterocycles. The number of benzene rings is 1. The molecule has 3 aromatic rings. The van der Waals surface area contributed by atoms with Crippen molar-refractivity contribution in [2.24, 2.45) is 0 Å². The molecule has 0 atom stereocenters. The molecule has 30 heavy (non-hydrogen) atoms. The fourth-order valence-corrected chi connectivity index (χ4v) is 5.00. The second-order valence-electron chi connectivity index (χ2n) is 6.78. The van der Waals surface area contributed by atoms with E-state index in [0.717, 1.165) is 5.69 Å². The van der Waals surface area contributed by atoms with Crippen molar-refractivity contribution in [1.29, 1.82) is 0 Å². The summed E-state index contributed by atoms with van der Waals surface area (Å²) in [5, 5.41) is 17.5. The first-order chi connectivity index (χ1) is 14.4. The number of anilines is 1. The number of tetrazole rings is 1. The van der Waals surface area contributed by atoms with E-state index >= 15 is 0 Å². The van der Waals surface area contributed by atoms with Crippen LogP contribution in [0.3, 0.4) is 0 Å². The minimum Gasteiger partial charge on any atom is -0.360 e.